The summed E-state index contributed by atoms with van der Waals surface area (Å²) in [5.74, 6) is 0. The molecule has 0 bridgehead atoms. The first-order valence-corrected chi connectivity index (χ1v) is 6.68. The Balaban J connectivity index is 0.00000110. The highest BCUT2D eigenvalue weighted by Gasteiger charge is 2.22. The van der Waals surface area contributed by atoms with Crippen molar-refractivity contribution in [2.45, 2.75) is 12.5 Å². The third-order valence-electron chi connectivity index (χ3n) is 3.59. The van der Waals surface area contributed by atoms with E-state index < -0.39 is 0 Å². The number of pyridine rings is 1. The van der Waals surface area contributed by atoms with Gasteiger partial charge in [0, 0.05) is 24.5 Å². The van der Waals surface area contributed by atoms with Gasteiger partial charge in [0.1, 0.15) is 0 Å². The fourth-order valence-corrected chi connectivity index (χ4v) is 2.73. The van der Waals surface area contributed by atoms with Crippen LogP contribution in [-0.2, 0) is 11.2 Å². The summed E-state index contributed by atoms with van der Waals surface area (Å²) in [5.41, 5.74) is 5.18. The monoisotopic (exact) mass is 326 g/mol. The number of halogens is 2. The lowest BCUT2D eigenvalue weighted by Crippen LogP contribution is -2.25. The van der Waals surface area contributed by atoms with E-state index >= 15 is 0 Å². The van der Waals surface area contributed by atoms with Crippen molar-refractivity contribution in [1.29, 1.82) is 0 Å². The van der Waals surface area contributed by atoms with Crippen LogP contribution >= 0.6 is 24.8 Å². The predicted octanol–water partition coefficient (Wildman–Crippen LogP) is 3.43. The lowest BCUT2D eigenvalue weighted by atomic mass is 9.90. The van der Waals surface area contributed by atoms with Crippen molar-refractivity contribution < 1.29 is 4.74 Å². The van der Waals surface area contributed by atoms with Crippen molar-refractivity contribution in [2.75, 3.05) is 20.2 Å². The van der Waals surface area contributed by atoms with Crippen LogP contribution < -0.4 is 5.32 Å². The van der Waals surface area contributed by atoms with E-state index in [1.807, 2.05) is 25.5 Å². The molecule has 1 aliphatic rings. The Hall–Kier alpha value is -1.13. The molecule has 1 aromatic carbocycles. The summed E-state index contributed by atoms with van der Waals surface area (Å²) < 4.78 is 5.86. The first-order chi connectivity index (χ1) is 9.40. The van der Waals surface area contributed by atoms with Crippen molar-refractivity contribution in [3.8, 4) is 11.1 Å². The summed E-state index contributed by atoms with van der Waals surface area (Å²) in [7, 11) is 1.96. The quantitative estimate of drug-likeness (QED) is 0.938. The van der Waals surface area contributed by atoms with E-state index in [2.05, 4.69) is 34.6 Å². The summed E-state index contributed by atoms with van der Waals surface area (Å²) in [6, 6.07) is 10.6. The zero-order valence-electron chi connectivity index (χ0n) is 11.9. The van der Waals surface area contributed by atoms with Crippen LogP contribution in [0.25, 0.3) is 11.1 Å². The average Bonchev–Trinajstić information content (AvgIpc) is 2.48. The highest BCUT2D eigenvalue weighted by molar-refractivity contribution is 5.85. The van der Waals surface area contributed by atoms with Crippen molar-refractivity contribution >= 4 is 24.8 Å². The third kappa shape index (κ3) is 3.74. The van der Waals surface area contributed by atoms with Gasteiger partial charge in [-0.25, -0.2) is 0 Å². The molecule has 0 spiro atoms. The van der Waals surface area contributed by atoms with Crippen molar-refractivity contribution in [3.05, 3.63) is 53.9 Å². The molecule has 3 rings (SSSR count). The van der Waals surface area contributed by atoms with Crippen LogP contribution in [0.5, 0.6) is 0 Å². The van der Waals surface area contributed by atoms with Crippen molar-refractivity contribution in [3.63, 3.8) is 0 Å². The van der Waals surface area contributed by atoms with Gasteiger partial charge in [0.2, 0.25) is 0 Å². The number of aromatic nitrogens is 1. The van der Waals surface area contributed by atoms with Crippen LogP contribution in [0, 0.1) is 0 Å². The molecular formula is C16H20Cl2N2O. The molecule has 0 radical (unpaired) electrons. The molecule has 1 N–H and O–H groups in total. The Morgan fingerprint density at radius 3 is 2.81 bits per heavy atom. The number of benzene rings is 1. The zero-order chi connectivity index (χ0) is 13.1. The Labute approximate surface area is 137 Å². The van der Waals surface area contributed by atoms with Gasteiger partial charge in [-0.1, -0.05) is 24.3 Å². The maximum absolute atomic E-state index is 5.86. The predicted molar refractivity (Wildman–Crippen MR) is 90.5 cm³/mol. The fraction of sp³-hybridized carbons (Fsp3) is 0.312. The Kier molecular flexibility index (Phi) is 7.12. The number of rotatable bonds is 3. The number of ether oxygens (including phenoxy) is 1. The molecule has 2 aromatic rings. The van der Waals surface area contributed by atoms with Crippen LogP contribution in [0.2, 0.25) is 0 Å². The normalized spacial score (nSPS) is 16.3. The van der Waals surface area contributed by atoms with E-state index in [4.69, 9.17) is 4.74 Å². The lowest BCUT2D eigenvalue weighted by Gasteiger charge is -2.27. The number of likely N-dealkylation sites (N-methyl/N-ethyl adjacent to an activating group) is 1. The molecule has 0 saturated heterocycles. The van der Waals surface area contributed by atoms with E-state index in [1.54, 1.807) is 0 Å². The van der Waals surface area contributed by atoms with Crippen LogP contribution in [0.4, 0.5) is 0 Å². The highest BCUT2D eigenvalue weighted by Crippen LogP contribution is 2.33. The van der Waals surface area contributed by atoms with E-state index in [0.29, 0.717) is 0 Å². The van der Waals surface area contributed by atoms with Gasteiger partial charge < -0.3 is 10.1 Å². The molecular weight excluding hydrogens is 307 g/mol. The Morgan fingerprint density at radius 2 is 2.10 bits per heavy atom. The van der Waals surface area contributed by atoms with Gasteiger partial charge in [-0.3, -0.25) is 4.98 Å². The van der Waals surface area contributed by atoms with Crippen LogP contribution in [0.15, 0.2) is 42.7 Å². The second kappa shape index (κ2) is 8.35. The first kappa shape index (κ1) is 17.9. The average molecular weight is 327 g/mol. The second-order valence-electron chi connectivity index (χ2n) is 4.78. The largest absolute Gasteiger partial charge is 0.372 e. The van der Waals surface area contributed by atoms with Gasteiger partial charge in [-0.2, -0.15) is 0 Å². The summed E-state index contributed by atoms with van der Waals surface area (Å²) in [5, 5.41) is 3.20. The molecule has 0 aliphatic carbocycles. The molecule has 1 atom stereocenters. The number of hydrogen-bond donors (Lipinski definition) is 1. The summed E-state index contributed by atoms with van der Waals surface area (Å²) in [4.78, 5) is 4.22. The minimum absolute atomic E-state index is 0. The number of nitrogens with one attached hydrogen (secondary N) is 1. The van der Waals surface area contributed by atoms with E-state index in [9.17, 15) is 0 Å². The SMILES string of the molecule is CNCC1OCCc2c(-c3cccnc3)cccc21.Cl.Cl. The number of hydrogen-bond acceptors (Lipinski definition) is 3. The van der Waals surface area contributed by atoms with Crippen LogP contribution in [-0.4, -0.2) is 25.2 Å². The molecule has 0 saturated carbocycles. The van der Waals surface area contributed by atoms with Crippen molar-refractivity contribution in [2.24, 2.45) is 0 Å². The number of nitrogens with zero attached hydrogens (tertiary/aromatic N) is 1. The highest BCUT2D eigenvalue weighted by atomic mass is 35.5. The minimum Gasteiger partial charge on any atom is -0.372 e. The van der Waals surface area contributed by atoms with Gasteiger partial charge in [0.25, 0.3) is 0 Å². The standard InChI is InChI=1S/C16H18N2O.2ClH/c1-17-11-16-15-6-2-5-13(14(15)7-9-19-16)12-4-3-8-18-10-12;;/h2-6,8,10,16-17H,7,9,11H2,1H3;2*1H. The molecule has 1 aliphatic heterocycles. The molecule has 21 heavy (non-hydrogen) atoms. The van der Waals surface area contributed by atoms with Crippen LogP contribution in [0.1, 0.15) is 17.2 Å². The molecule has 1 aromatic heterocycles. The minimum atomic E-state index is 0. The van der Waals surface area contributed by atoms with Gasteiger partial charge in [0.05, 0.1) is 12.7 Å². The lowest BCUT2D eigenvalue weighted by molar-refractivity contribution is 0.0440. The summed E-state index contributed by atoms with van der Waals surface area (Å²) >= 11 is 0. The van der Waals surface area contributed by atoms with Crippen LogP contribution in [0.3, 0.4) is 0 Å². The van der Waals surface area contributed by atoms with Gasteiger partial charge in [-0.05, 0) is 36.2 Å². The number of fused-ring (bicyclic) bond motifs is 1. The van der Waals surface area contributed by atoms with Gasteiger partial charge in [0.15, 0.2) is 0 Å². The maximum Gasteiger partial charge on any atom is 0.0952 e. The summed E-state index contributed by atoms with van der Waals surface area (Å²) in [6.45, 7) is 1.64. The molecule has 5 heteroatoms. The third-order valence-corrected chi connectivity index (χ3v) is 3.59. The van der Waals surface area contributed by atoms with E-state index in [1.165, 1.54) is 22.3 Å². The molecule has 0 fully saturated rings. The molecule has 114 valence electrons. The maximum atomic E-state index is 5.86. The van der Waals surface area contributed by atoms with Gasteiger partial charge in [-0.15, -0.1) is 24.8 Å². The Morgan fingerprint density at radius 1 is 1.24 bits per heavy atom. The van der Waals surface area contributed by atoms with Crippen molar-refractivity contribution in [1.82, 2.24) is 10.3 Å². The topological polar surface area (TPSA) is 34.1 Å². The van der Waals surface area contributed by atoms with E-state index in [-0.39, 0.29) is 30.9 Å². The Bertz CT molecular complexity index is 563. The molecule has 3 nitrogen and oxygen atoms in total. The van der Waals surface area contributed by atoms with E-state index in [0.717, 1.165) is 19.6 Å². The zero-order valence-corrected chi connectivity index (χ0v) is 13.5. The first-order valence-electron chi connectivity index (χ1n) is 6.68. The smallest absolute Gasteiger partial charge is 0.0952 e. The fourth-order valence-electron chi connectivity index (χ4n) is 2.73. The molecule has 1 unspecified atom stereocenters. The molecule has 2 heterocycles. The van der Waals surface area contributed by atoms with Gasteiger partial charge >= 0.3 is 0 Å². The summed E-state index contributed by atoms with van der Waals surface area (Å²) in [6.07, 6.45) is 4.87. The second-order valence-corrected chi connectivity index (χ2v) is 4.78. The molecule has 0 amide bonds.